The summed E-state index contributed by atoms with van der Waals surface area (Å²) in [6.07, 6.45) is 0. The van der Waals surface area contributed by atoms with Crippen molar-refractivity contribution >= 4 is 43.4 Å². The van der Waals surface area contributed by atoms with E-state index in [9.17, 15) is 0 Å². The maximum atomic E-state index is 5.93. The SMILES string of the molecule is CC(C)(Cl)OP(OC(C)(C)Cl)OC(C)(C)Cl. The normalized spacial score (nSPS) is 14.6. The highest BCUT2D eigenvalue weighted by Gasteiger charge is 2.33. The predicted molar refractivity (Wildman–Crippen MR) is 70.0 cm³/mol. The zero-order chi connectivity index (χ0) is 13.2. The molecule has 0 amide bonds. The zero-order valence-corrected chi connectivity index (χ0v) is 13.5. The highest BCUT2D eigenvalue weighted by atomic mass is 35.5. The van der Waals surface area contributed by atoms with Gasteiger partial charge in [-0.1, -0.05) is 34.8 Å². The fourth-order valence-electron chi connectivity index (χ4n) is 0.588. The van der Waals surface area contributed by atoms with Crippen LogP contribution in [0.2, 0.25) is 0 Å². The Morgan fingerprint density at radius 1 is 0.625 bits per heavy atom. The topological polar surface area (TPSA) is 27.7 Å². The zero-order valence-electron chi connectivity index (χ0n) is 10.3. The van der Waals surface area contributed by atoms with Gasteiger partial charge in [-0.2, -0.15) is 0 Å². The minimum absolute atomic E-state index is 0.907. The lowest BCUT2D eigenvalue weighted by Crippen LogP contribution is -2.23. The van der Waals surface area contributed by atoms with Crippen molar-refractivity contribution in [2.75, 3.05) is 0 Å². The van der Waals surface area contributed by atoms with E-state index >= 15 is 0 Å². The van der Waals surface area contributed by atoms with E-state index in [1.807, 2.05) is 0 Å². The van der Waals surface area contributed by atoms with Gasteiger partial charge in [0, 0.05) is 0 Å². The molecule has 0 N–H and O–H groups in total. The largest absolute Gasteiger partial charge is 0.337 e. The van der Waals surface area contributed by atoms with Crippen LogP contribution in [0.5, 0.6) is 0 Å². The number of rotatable bonds is 6. The lowest BCUT2D eigenvalue weighted by atomic mass is 10.5. The number of halogens is 3. The molecule has 0 atom stereocenters. The van der Waals surface area contributed by atoms with Crippen LogP contribution in [0, 0.1) is 0 Å². The minimum Gasteiger partial charge on any atom is -0.290 e. The maximum Gasteiger partial charge on any atom is 0.337 e. The third-order valence-electron chi connectivity index (χ3n) is 0.875. The molecule has 0 rings (SSSR count). The molecule has 0 aromatic rings. The summed E-state index contributed by atoms with van der Waals surface area (Å²) >= 11 is 17.8. The van der Waals surface area contributed by atoms with Gasteiger partial charge in [-0.15, -0.1) is 0 Å². The van der Waals surface area contributed by atoms with E-state index in [0.29, 0.717) is 0 Å². The van der Waals surface area contributed by atoms with E-state index in [2.05, 4.69) is 0 Å². The van der Waals surface area contributed by atoms with Gasteiger partial charge in [0.25, 0.3) is 0 Å². The molecule has 0 fully saturated rings. The summed E-state index contributed by atoms with van der Waals surface area (Å²) in [4.78, 5) is 0. The van der Waals surface area contributed by atoms with Crippen LogP contribution in [-0.4, -0.2) is 15.2 Å². The van der Waals surface area contributed by atoms with Crippen molar-refractivity contribution in [3.63, 3.8) is 0 Å². The van der Waals surface area contributed by atoms with Crippen LogP contribution in [0.25, 0.3) is 0 Å². The number of alkyl halides is 3. The van der Waals surface area contributed by atoms with E-state index in [1.54, 1.807) is 41.5 Å². The van der Waals surface area contributed by atoms with E-state index in [-0.39, 0.29) is 0 Å². The first kappa shape index (κ1) is 17.2. The molecule has 0 aromatic heterocycles. The first-order valence-corrected chi connectivity index (χ1v) is 6.96. The molecular weight excluding hydrogens is 293 g/mol. The molecule has 0 saturated carbocycles. The molecule has 0 aromatic carbocycles. The highest BCUT2D eigenvalue weighted by Crippen LogP contribution is 2.52. The molecule has 0 aliphatic heterocycles. The van der Waals surface area contributed by atoms with Gasteiger partial charge in [-0.25, -0.2) is 0 Å². The van der Waals surface area contributed by atoms with Crippen LogP contribution in [-0.2, 0) is 13.6 Å². The third kappa shape index (κ3) is 11.7. The molecule has 0 unspecified atom stereocenters. The van der Waals surface area contributed by atoms with E-state index < -0.39 is 23.8 Å². The fourth-order valence-corrected chi connectivity index (χ4v) is 2.27. The van der Waals surface area contributed by atoms with Crippen molar-refractivity contribution < 1.29 is 13.6 Å². The summed E-state index contributed by atoms with van der Waals surface area (Å²) in [6, 6.07) is 0. The molecule has 0 heterocycles. The predicted octanol–water partition coefficient (Wildman–Crippen LogP) is 5.19. The summed E-state index contributed by atoms with van der Waals surface area (Å²) in [5.74, 6) is 0. The minimum atomic E-state index is -1.72. The second-order valence-corrected chi connectivity index (χ2v) is 8.31. The molecule has 3 nitrogen and oxygen atoms in total. The van der Waals surface area contributed by atoms with Crippen molar-refractivity contribution in [3.8, 4) is 0 Å². The third-order valence-corrected chi connectivity index (χ3v) is 3.25. The van der Waals surface area contributed by atoms with Crippen LogP contribution >= 0.6 is 43.4 Å². The van der Waals surface area contributed by atoms with Gasteiger partial charge in [0.2, 0.25) is 0 Å². The van der Waals surface area contributed by atoms with Crippen molar-refractivity contribution in [2.24, 2.45) is 0 Å². The van der Waals surface area contributed by atoms with Crippen molar-refractivity contribution in [1.29, 1.82) is 0 Å². The summed E-state index contributed by atoms with van der Waals surface area (Å²) in [5.41, 5.74) is 0. The standard InChI is InChI=1S/C9H18Cl3O3P/c1-7(2,10)13-16(14-8(3,4)11)15-9(5,6)12/h1-6H3. The van der Waals surface area contributed by atoms with Crippen LogP contribution in [0.3, 0.4) is 0 Å². The van der Waals surface area contributed by atoms with E-state index in [4.69, 9.17) is 48.4 Å². The Kier molecular flexibility index (Phi) is 6.31. The molecule has 0 spiro atoms. The average molecular weight is 312 g/mol. The Balaban J connectivity index is 4.53. The molecular formula is C9H18Cl3O3P. The van der Waals surface area contributed by atoms with Crippen LogP contribution < -0.4 is 0 Å². The van der Waals surface area contributed by atoms with Gasteiger partial charge in [-0.05, 0) is 41.5 Å². The quantitative estimate of drug-likeness (QED) is 0.499. The summed E-state index contributed by atoms with van der Waals surface area (Å²) < 4.78 is 16.2. The summed E-state index contributed by atoms with van der Waals surface area (Å²) in [5, 5.41) is -2.72. The molecule has 7 heteroatoms. The van der Waals surface area contributed by atoms with Gasteiger partial charge in [0.05, 0.1) is 0 Å². The maximum absolute atomic E-state index is 5.93. The smallest absolute Gasteiger partial charge is 0.290 e. The van der Waals surface area contributed by atoms with Gasteiger partial charge in [0.1, 0.15) is 15.2 Å². The van der Waals surface area contributed by atoms with E-state index in [1.165, 1.54) is 0 Å². The Morgan fingerprint density at radius 2 is 0.812 bits per heavy atom. The van der Waals surface area contributed by atoms with Crippen LogP contribution in [0.4, 0.5) is 0 Å². The Hall–Kier alpha value is 1.18. The molecule has 0 bridgehead atoms. The summed E-state index contributed by atoms with van der Waals surface area (Å²) in [6.45, 7) is 10.1. The molecule has 0 saturated heterocycles. The molecule has 0 radical (unpaired) electrons. The Morgan fingerprint density at radius 3 is 0.938 bits per heavy atom. The molecule has 0 aliphatic rings. The lowest BCUT2D eigenvalue weighted by molar-refractivity contribution is 0.0572. The van der Waals surface area contributed by atoms with Crippen molar-refractivity contribution in [3.05, 3.63) is 0 Å². The average Bonchev–Trinajstić information content (AvgIpc) is 1.70. The molecule has 16 heavy (non-hydrogen) atoms. The number of hydrogen-bond donors (Lipinski definition) is 0. The fraction of sp³-hybridized carbons (Fsp3) is 1.00. The lowest BCUT2D eigenvalue weighted by Gasteiger charge is -2.31. The van der Waals surface area contributed by atoms with Gasteiger partial charge in [0.15, 0.2) is 0 Å². The second-order valence-electron chi connectivity index (χ2n) is 4.59. The van der Waals surface area contributed by atoms with Gasteiger partial charge >= 0.3 is 8.60 Å². The first-order chi connectivity index (χ1) is 6.79. The molecule has 98 valence electrons. The highest BCUT2D eigenvalue weighted by molar-refractivity contribution is 7.42. The second kappa shape index (κ2) is 5.88. The summed E-state index contributed by atoms with van der Waals surface area (Å²) in [7, 11) is -1.72. The van der Waals surface area contributed by atoms with Gasteiger partial charge in [-0.3, -0.25) is 13.6 Å². The monoisotopic (exact) mass is 310 g/mol. The Bertz CT molecular complexity index is 179. The van der Waals surface area contributed by atoms with Gasteiger partial charge < -0.3 is 0 Å². The molecule has 0 aliphatic carbocycles. The Labute approximate surface area is 114 Å². The van der Waals surface area contributed by atoms with Crippen molar-refractivity contribution in [1.82, 2.24) is 0 Å². The van der Waals surface area contributed by atoms with Crippen LogP contribution in [0.1, 0.15) is 41.5 Å². The van der Waals surface area contributed by atoms with Crippen LogP contribution in [0.15, 0.2) is 0 Å². The number of hydrogen-bond acceptors (Lipinski definition) is 3. The first-order valence-electron chi connectivity index (χ1n) is 4.73. The van der Waals surface area contributed by atoms with E-state index in [0.717, 1.165) is 0 Å². The van der Waals surface area contributed by atoms with Crippen molar-refractivity contribution in [2.45, 2.75) is 56.7 Å².